The molecule has 5 nitrogen and oxygen atoms in total. The molecule has 3 aromatic rings. The summed E-state index contributed by atoms with van der Waals surface area (Å²) in [6, 6.07) is 20.6. The average Bonchev–Trinajstić information content (AvgIpc) is 2.70. The van der Waals surface area contributed by atoms with Gasteiger partial charge in [0.05, 0.1) is 10.8 Å². The zero-order valence-electron chi connectivity index (χ0n) is 14.5. The molecule has 0 bridgehead atoms. The van der Waals surface area contributed by atoms with Crippen LogP contribution in [0, 0.1) is 0 Å². The first-order chi connectivity index (χ1) is 13.0. The summed E-state index contributed by atoms with van der Waals surface area (Å²) in [6.45, 7) is 0. The number of amides is 1. The number of nitrogens with one attached hydrogen (secondary N) is 1. The molecule has 1 amide bonds. The number of carbonyl (C=O) groups excluding carboxylic acids is 1. The summed E-state index contributed by atoms with van der Waals surface area (Å²) >= 11 is 0. The van der Waals surface area contributed by atoms with E-state index in [1.165, 1.54) is 0 Å². The lowest BCUT2D eigenvalue weighted by Gasteiger charge is -2.14. The Hall–Kier alpha value is -2.99. The van der Waals surface area contributed by atoms with Gasteiger partial charge in [-0.2, -0.15) is 0 Å². The van der Waals surface area contributed by atoms with E-state index >= 15 is 0 Å². The molecule has 3 rings (SSSR count). The molecule has 2 N–H and O–H groups in total. The molecule has 0 heterocycles. The largest absolute Gasteiger partial charge is 0.480 e. The van der Waals surface area contributed by atoms with Crippen molar-refractivity contribution >= 4 is 33.4 Å². The second-order valence-electron chi connectivity index (χ2n) is 6.08. The summed E-state index contributed by atoms with van der Waals surface area (Å²) in [5.74, 6) is -1.45. The fourth-order valence-corrected chi connectivity index (χ4v) is 3.89. The van der Waals surface area contributed by atoms with Crippen molar-refractivity contribution in [3.63, 3.8) is 0 Å². The third kappa shape index (κ3) is 4.80. The minimum Gasteiger partial charge on any atom is -0.480 e. The number of hydrogen-bond acceptors (Lipinski definition) is 3. The van der Waals surface area contributed by atoms with Gasteiger partial charge in [-0.1, -0.05) is 48.5 Å². The van der Waals surface area contributed by atoms with Crippen LogP contribution in [0.3, 0.4) is 0 Å². The van der Waals surface area contributed by atoms with Crippen molar-refractivity contribution in [2.45, 2.75) is 17.4 Å². The Morgan fingerprint density at radius 3 is 2.30 bits per heavy atom. The fourth-order valence-electron chi connectivity index (χ4n) is 2.74. The van der Waals surface area contributed by atoms with Gasteiger partial charge in [-0.25, -0.2) is 4.79 Å². The molecular weight excluding hydrogens is 362 g/mol. The predicted molar refractivity (Wildman–Crippen MR) is 105 cm³/mol. The summed E-state index contributed by atoms with van der Waals surface area (Å²) in [5, 5.41) is 13.8. The molecule has 27 heavy (non-hydrogen) atoms. The molecule has 0 spiro atoms. The van der Waals surface area contributed by atoms with Gasteiger partial charge in [-0.3, -0.25) is 9.00 Å². The molecule has 3 aromatic carbocycles. The van der Waals surface area contributed by atoms with Crippen molar-refractivity contribution in [3.8, 4) is 0 Å². The minimum absolute atomic E-state index is 0.0795. The van der Waals surface area contributed by atoms with Crippen molar-refractivity contribution in [1.29, 1.82) is 0 Å². The number of carbonyl (C=O) groups is 2. The maximum atomic E-state index is 12.5. The van der Waals surface area contributed by atoms with Crippen LogP contribution in [0.2, 0.25) is 0 Å². The standard InChI is InChI=1S/C21H19NO4S/c23-20(17-11-10-15-6-4-5-7-16(15)14-17)22-19(21(24)25)12-13-27(26)18-8-2-1-3-9-18/h1-11,14,19H,12-13H2,(H,22,23)(H,24,25)/t19-,27-/m0/s1. The van der Waals surface area contributed by atoms with Gasteiger partial charge in [-0.05, 0) is 41.5 Å². The summed E-state index contributed by atoms with van der Waals surface area (Å²) in [4.78, 5) is 24.6. The van der Waals surface area contributed by atoms with Crippen LogP contribution in [0.4, 0.5) is 0 Å². The molecule has 0 saturated heterocycles. The second-order valence-corrected chi connectivity index (χ2v) is 7.65. The molecule has 2 atom stereocenters. The Bertz CT molecular complexity index is 988. The van der Waals surface area contributed by atoms with E-state index in [0.29, 0.717) is 10.5 Å². The first-order valence-electron chi connectivity index (χ1n) is 8.50. The Morgan fingerprint density at radius 2 is 1.59 bits per heavy atom. The van der Waals surface area contributed by atoms with Gasteiger partial charge in [0.15, 0.2) is 0 Å². The Balaban J connectivity index is 1.67. The zero-order chi connectivity index (χ0) is 19.2. The van der Waals surface area contributed by atoms with Gasteiger partial charge in [0.25, 0.3) is 5.91 Å². The minimum atomic E-state index is -1.31. The quantitative estimate of drug-likeness (QED) is 0.658. The summed E-state index contributed by atoms with van der Waals surface area (Å²) in [7, 11) is -1.31. The van der Waals surface area contributed by atoms with E-state index in [-0.39, 0.29) is 12.2 Å². The number of aliphatic carboxylic acids is 1. The lowest BCUT2D eigenvalue weighted by molar-refractivity contribution is -0.139. The highest BCUT2D eigenvalue weighted by molar-refractivity contribution is 7.85. The zero-order valence-corrected chi connectivity index (χ0v) is 15.3. The Labute approximate surface area is 159 Å². The maximum Gasteiger partial charge on any atom is 0.326 e. The highest BCUT2D eigenvalue weighted by atomic mass is 32.2. The predicted octanol–water partition coefficient (Wildman–Crippen LogP) is 3.22. The SMILES string of the molecule is O=C(N[C@@H](CC[S@](=O)c1ccccc1)C(=O)O)c1ccc2ccccc2c1. The normalized spacial score (nSPS) is 13.0. The molecule has 0 aliphatic rings. The van der Waals surface area contributed by atoms with Crippen LogP contribution in [0.5, 0.6) is 0 Å². The molecule has 0 radical (unpaired) electrons. The highest BCUT2D eigenvalue weighted by Gasteiger charge is 2.22. The Kier molecular flexibility index (Phi) is 5.98. The van der Waals surface area contributed by atoms with Crippen molar-refractivity contribution in [2.24, 2.45) is 0 Å². The molecule has 0 aliphatic heterocycles. The number of fused-ring (bicyclic) bond motifs is 1. The van der Waals surface area contributed by atoms with E-state index in [1.807, 2.05) is 36.4 Å². The summed E-state index contributed by atoms with van der Waals surface area (Å²) < 4.78 is 12.3. The molecule has 0 aliphatic carbocycles. The van der Waals surface area contributed by atoms with Crippen LogP contribution in [-0.2, 0) is 15.6 Å². The summed E-state index contributed by atoms with van der Waals surface area (Å²) in [5.41, 5.74) is 0.393. The average molecular weight is 381 g/mol. The van der Waals surface area contributed by atoms with Gasteiger partial charge in [0.1, 0.15) is 6.04 Å². The van der Waals surface area contributed by atoms with Crippen molar-refractivity contribution < 1.29 is 18.9 Å². The van der Waals surface area contributed by atoms with Crippen LogP contribution < -0.4 is 5.32 Å². The smallest absolute Gasteiger partial charge is 0.326 e. The molecule has 0 saturated carbocycles. The number of rotatable bonds is 7. The van der Waals surface area contributed by atoms with Crippen LogP contribution in [-0.4, -0.2) is 33.0 Å². The first-order valence-corrected chi connectivity index (χ1v) is 9.82. The molecule has 0 fully saturated rings. The second kappa shape index (κ2) is 8.60. The van der Waals surface area contributed by atoms with Crippen LogP contribution in [0.25, 0.3) is 10.8 Å². The molecular formula is C21H19NO4S. The van der Waals surface area contributed by atoms with Gasteiger partial charge >= 0.3 is 5.97 Å². The molecule has 0 unspecified atom stereocenters. The van der Waals surface area contributed by atoms with E-state index in [0.717, 1.165) is 10.8 Å². The molecule has 0 aromatic heterocycles. The van der Waals surface area contributed by atoms with Gasteiger partial charge < -0.3 is 10.4 Å². The van der Waals surface area contributed by atoms with Crippen molar-refractivity contribution in [2.75, 3.05) is 5.75 Å². The number of carboxylic acid groups (broad SMARTS) is 1. The fraction of sp³-hybridized carbons (Fsp3) is 0.143. The topological polar surface area (TPSA) is 83.5 Å². The van der Waals surface area contributed by atoms with E-state index in [9.17, 15) is 18.9 Å². The first kappa shape index (κ1) is 18.8. The van der Waals surface area contributed by atoms with Crippen molar-refractivity contribution in [3.05, 3.63) is 78.4 Å². The highest BCUT2D eigenvalue weighted by Crippen LogP contribution is 2.16. The lowest BCUT2D eigenvalue weighted by Crippen LogP contribution is -2.41. The molecule has 6 heteroatoms. The van der Waals surface area contributed by atoms with E-state index in [4.69, 9.17) is 0 Å². The van der Waals surface area contributed by atoms with Crippen LogP contribution >= 0.6 is 0 Å². The lowest BCUT2D eigenvalue weighted by atomic mass is 10.1. The van der Waals surface area contributed by atoms with Gasteiger partial charge in [0, 0.05) is 16.2 Å². The monoisotopic (exact) mass is 381 g/mol. The van der Waals surface area contributed by atoms with Crippen LogP contribution in [0.1, 0.15) is 16.8 Å². The molecule has 138 valence electrons. The summed E-state index contributed by atoms with van der Waals surface area (Å²) in [6.07, 6.45) is 0.0795. The van der Waals surface area contributed by atoms with Crippen LogP contribution in [0.15, 0.2) is 77.7 Å². The van der Waals surface area contributed by atoms with E-state index in [1.54, 1.807) is 36.4 Å². The van der Waals surface area contributed by atoms with E-state index < -0.39 is 28.7 Å². The third-order valence-corrected chi connectivity index (χ3v) is 5.62. The number of carboxylic acids is 1. The van der Waals surface area contributed by atoms with E-state index in [2.05, 4.69) is 5.32 Å². The Morgan fingerprint density at radius 1 is 0.926 bits per heavy atom. The number of hydrogen-bond donors (Lipinski definition) is 2. The number of benzene rings is 3. The van der Waals surface area contributed by atoms with Gasteiger partial charge in [0.2, 0.25) is 0 Å². The van der Waals surface area contributed by atoms with Crippen molar-refractivity contribution in [1.82, 2.24) is 5.32 Å². The van der Waals surface area contributed by atoms with Gasteiger partial charge in [-0.15, -0.1) is 0 Å². The maximum absolute atomic E-state index is 12.5. The third-order valence-electron chi connectivity index (χ3n) is 4.21.